The lowest BCUT2D eigenvalue weighted by atomic mass is 10.0. The zero-order valence-corrected chi connectivity index (χ0v) is 17.0. The Labute approximate surface area is 173 Å². The van der Waals surface area contributed by atoms with Gasteiger partial charge in [0, 0.05) is 13.1 Å². The molecule has 150 valence electrons. The van der Waals surface area contributed by atoms with Crippen molar-refractivity contribution < 1.29 is 18.8 Å². The van der Waals surface area contributed by atoms with Gasteiger partial charge in [0.25, 0.3) is 11.1 Å². The number of nitrogens with zero attached hydrogens (tertiary/aromatic N) is 1. The number of imide groups is 1. The maximum atomic E-state index is 13.0. The van der Waals surface area contributed by atoms with Crippen molar-refractivity contribution in [3.8, 4) is 0 Å². The summed E-state index contributed by atoms with van der Waals surface area (Å²) in [5, 5.41) is 2.38. The monoisotopic (exact) mass is 412 g/mol. The number of carbonyl (C=O) groups excluding carboxylic acids is 3. The molecule has 1 saturated heterocycles. The number of carbonyl (C=O) groups is 3. The third-order valence-electron chi connectivity index (χ3n) is 4.55. The highest BCUT2D eigenvalue weighted by atomic mass is 32.2. The van der Waals surface area contributed by atoms with Crippen molar-refractivity contribution in [2.75, 3.05) is 13.1 Å². The maximum Gasteiger partial charge on any atom is 0.293 e. The molecule has 2 aromatic rings. The van der Waals surface area contributed by atoms with Crippen molar-refractivity contribution in [2.24, 2.45) is 0 Å². The van der Waals surface area contributed by atoms with Gasteiger partial charge in [0.1, 0.15) is 5.82 Å². The molecule has 0 aliphatic carbocycles. The standard InChI is InChI=1S/C22H21FN2O3S/c1-14-3-4-15(2)17(11-14)13-20(26)24-9-10-25-21(27)19(29-22(25)28)12-16-5-7-18(23)8-6-16/h3-8,11-12H,9-10,13H2,1-2H3,(H,24,26)/b19-12+. The van der Waals surface area contributed by atoms with Gasteiger partial charge in [-0.2, -0.15) is 0 Å². The highest BCUT2D eigenvalue weighted by molar-refractivity contribution is 8.18. The second kappa shape index (κ2) is 9.05. The second-order valence-corrected chi connectivity index (χ2v) is 7.83. The quantitative estimate of drug-likeness (QED) is 0.732. The van der Waals surface area contributed by atoms with E-state index in [2.05, 4.69) is 5.32 Å². The van der Waals surface area contributed by atoms with Gasteiger partial charge in [-0.05, 0) is 60.5 Å². The smallest absolute Gasteiger partial charge is 0.293 e. The van der Waals surface area contributed by atoms with Crippen LogP contribution >= 0.6 is 11.8 Å². The zero-order chi connectivity index (χ0) is 21.0. The fourth-order valence-electron chi connectivity index (χ4n) is 2.94. The first-order valence-electron chi connectivity index (χ1n) is 9.17. The van der Waals surface area contributed by atoms with Gasteiger partial charge < -0.3 is 5.32 Å². The Bertz CT molecular complexity index is 986. The molecule has 0 radical (unpaired) electrons. The van der Waals surface area contributed by atoms with Crippen LogP contribution in [0.4, 0.5) is 9.18 Å². The predicted molar refractivity (Wildman–Crippen MR) is 112 cm³/mol. The lowest BCUT2D eigenvalue weighted by Gasteiger charge is -2.13. The van der Waals surface area contributed by atoms with Crippen LogP contribution in [0.2, 0.25) is 0 Å². The number of hydrogen-bond donors (Lipinski definition) is 1. The van der Waals surface area contributed by atoms with Crippen molar-refractivity contribution >= 4 is 34.9 Å². The second-order valence-electron chi connectivity index (χ2n) is 6.84. The number of nitrogens with one attached hydrogen (secondary N) is 1. The minimum atomic E-state index is -0.409. The normalized spacial score (nSPS) is 15.3. The van der Waals surface area contributed by atoms with Gasteiger partial charge in [-0.15, -0.1) is 0 Å². The molecular weight excluding hydrogens is 391 g/mol. The Morgan fingerprint density at radius 3 is 2.59 bits per heavy atom. The van der Waals surface area contributed by atoms with Gasteiger partial charge in [0.2, 0.25) is 5.91 Å². The summed E-state index contributed by atoms with van der Waals surface area (Å²) in [5.74, 6) is -0.938. The van der Waals surface area contributed by atoms with Crippen LogP contribution in [0.15, 0.2) is 47.4 Å². The van der Waals surface area contributed by atoms with Crippen LogP contribution in [0.5, 0.6) is 0 Å². The molecule has 1 aliphatic heterocycles. The predicted octanol–water partition coefficient (Wildman–Crippen LogP) is 3.84. The summed E-state index contributed by atoms with van der Waals surface area (Å²) in [6, 6.07) is 11.6. The molecule has 2 aromatic carbocycles. The molecule has 1 N–H and O–H groups in total. The summed E-state index contributed by atoms with van der Waals surface area (Å²) >= 11 is 0.838. The van der Waals surface area contributed by atoms with Gasteiger partial charge >= 0.3 is 0 Å². The minimum Gasteiger partial charge on any atom is -0.354 e. The van der Waals surface area contributed by atoms with Gasteiger partial charge in [0.15, 0.2) is 0 Å². The third-order valence-corrected chi connectivity index (χ3v) is 5.46. The highest BCUT2D eigenvalue weighted by Crippen LogP contribution is 2.31. The molecule has 7 heteroatoms. The van der Waals surface area contributed by atoms with Crippen LogP contribution in [0.1, 0.15) is 22.3 Å². The van der Waals surface area contributed by atoms with Crippen molar-refractivity contribution in [1.29, 1.82) is 0 Å². The third kappa shape index (κ3) is 5.32. The summed E-state index contributed by atoms with van der Waals surface area (Å²) < 4.78 is 13.0. The van der Waals surface area contributed by atoms with Gasteiger partial charge in [-0.25, -0.2) is 4.39 Å². The van der Waals surface area contributed by atoms with Crippen LogP contribution in [0.25, 0.3) is 6.08 Å². The van der Waals surface area contributed by atoms with Gasteiger partial charge in [-0.3, -0.25) is 19.3 Å². The summed E-state index contributed by atoms with van der Waals surface area (Å²) in [5.41, 5.74) is 3.72. The van der Waals surface area contributed by atoms with E-state index in [1.165, 1.54) is 24.3 Å². The van der Waals surface area contributed by atoms with E-state index in [9.17, 15) is 18.8 Å². The number of halogens is 1. The number of benzene rings is 2. The first-order chi connectivity index (χ1) is 13.8. The summed E-state index contributed by atoms with van der Waals surface area (Å²) in [6.45, 7) is 4.21. The number of amides is 3. The lowest BCUT2D eigenvalue weighted by Crippen LogP contribution is -2.37. The van der Waals surface area contributed by atoms with E-state index >= 15 is 0 Å². The molecule has 0 spiro atoms. The molecular formula is C22H21FN2O3S. The fraction of sp³-hybridized carbons (Fsp3) is 0.227. The number of rotatable bonds is 6. The number of hydrogen-bond acceptors (Lipinski definition) is 4. The van der Waals surface area contributed by atoms with Gasteiger partial charge in [-0.1, -0.05) is 35.9 Å². The van der Waals surface area contributed by atoms with Gasteiger partial charge in [0.05, 0.1) is 11.3 Å². The molecule has 1 aliphatic rings. The van der Waals surface area contributed by atoms with E-state index in [-0.39, 0.29) is 41.4 Å². The van der Waals surface area contributed by atoms with Crippen LogP contribution in [-0.4, -0.2) is 35.0 Å². The fourth-order valence-corrected chi connectivity index (χ4v) is 3.80. The topological polar surface area (TPSA) is 66.5 Å². The zero-order valence-electron chi connectivity index (χ0n) is 16.2. The number of thioether (sulfide) groups is 1. The average molecular weight is 412 g/mol. The van der Waals surface area contributed by atoms with E-state index in [1.54, 1.807) is 6.08 Å². The Morgan fingerprint density at radius 2 is 1.86 bits per heavy atom. The molecule has 0 bridgehead atoms. The molecule has 29 heavy (non-hydrogen) atoms. The van der Waals surface area contributed by atoms with Crippen LogP contribution in [0, 0.1) is 19.7 Å². The number of aryl methyl sites for hydroxylation is 2. The molecule has 3 rings (SSSR count). The SMILES string of the molecule is Cc1ccc(C)c(CC(=O)NCCN2C(=O)S/C(=C/c3ccc(F)cc3)C2=O)c1. The van der Waals surface area contributed by atoms with Crippen molar-refractivity contribution in [1.82, 2.24) is 10.2 Å². The molecule has 1 fully saturated rings. The molecule has 5 nitrogen and oxygen atoms in total. The molecule has 1 heterocycles. The molecule has 0 aromatic heterocycles. The Kier molecular flexibility index (Phi) is 6.49. The first kappa shape index (κ1) is 20.8. The summed E-state index contributed by atoms with van der Waals surface area (Å²) in [4.78, 5) is 38.2. The Balaban J connectivity index is 1.54. The Hall–Kier alpha value is -2.93. The largest absolute Gasteiger partial charge is 0.354 e. The first-order valence-corrected chi connectivity index (χ1v) is 9.99. The van der Waals surface area contributed by atoms with Crippen LogP contribution in [0.3, 0.4) is 0 Å². The van der Waals surface area contributed by atoms with Crippen molar-refractivity contribution in [3.63, 3.8) is 0 Å². The van der Waals surface area contributed by atoms with E-state index in [0.29, 0.717) is 5.56 Å². The Morgan fingerprint density at radius 1 is 1.14 bits per heavy atom. The van der Waals surface area contributed by atoms with E-state index < -0.39 is 5.91 Å². The van der Waals surface area contributed by atoms with Crippen LogP contribution < -0.4 is 5.32 Å². The van der Waals surface area contributed by atoms with Crippen LogP contribution in [-0.2, 0) is 16.0 Å². The van der Waals surface area contributed by atoms with E-state index in [1.807, 2.05) is 32.0 Å². The van der Waals surface area contributed by atoms with E-state index in [0.717, 1.165) is 33.4 Å². The van der Waals surface area contributed by atoms with Crippen molar-refractivity contribution in [3.05, 3.63) is 75.4 Å². The van der Waals surface area contributed by atoms with Crippen molar-refractivity contribution in [2.45, 2.75) is 20.3 Å². The molecule has 0 atom stereocenters. The van der Waals surface area contributed by atoms with E-state index in [4.69, 9.17) is 0 Å². The molecule has 0 unspecified atom stereocenters. The average Bonchev–Trinajstić information content (AvgIpc) is 2.94. The minimum absolute atomic E-state index is 0.101. The summed E-state index contributed by atoms with van der Waals surface area (Å²) in [7, 11) is 0. The molecule has 0 saturated carbocycles. The summed E-state index contributed by atoms with van der Waals surface area (Å²) in [6.07, 6.45) is 1.81. The highest BCUT2D eigenvalue weighted by Gasteiger charge is 2.34. The maximum absolute atomic E-state index is 13.0. The lowest BCUT2D eigenvalue weighted by molar-refractivity contribution is -0.124. The molecule has 3 amide bonds.